The maximum atomic E-state index is 6.68. The van der Waals surface area contributed by atoms with Gasteiger partial charge in [0.25, 0.3) is 0 Å². The van der Waals surface area contributed by atoms with Crippen molar-refractivity contribution in [2.75, 3.05) is 19.1 Å². The number of hydrogen-bond acceptors (Lipinski definition) is 5. The van der Waals surface area contributed by atoms with Gasteiger partial charge in [0.2, 0.25) is 5.72 Å². The molecule has 136 valence electrons. The number of benzene rings is 2. The molecule has 0 unspecified atom stereocenters. The smallest absolute Gasteiger partial charge is 0.228 e. The molecule has 3 aromatic rings. The molecule has 5 nitrogen and oxygen atoms in total. The maximum Gasteiger partial charge on any atom is 0.228 e. The van der Waals surface area contributed by atoms with Gasteiger partial charge in [0.05, 0.1) is 24.3 Å². The highest BCUT2D eigenvalue weighted by molar-refractivity contribution is 5.98. The van der Waals surface area contributed by atoms with Crippen LogP contribution >= 0.6 is 0 Å². The molecule has 0 amide bonds. The fourth-order valence-electron chi connectivity index (χ4n) is 4.35. The molecule has 0 N–H and O–H groups in total. The van der Waals surface area contributed by atoms with Crippen molar-refractivity contribution in [1.29, 1.82) is 0 Å². The van der Waals surface area contributed by atoms with Crippen molar-refractivity contribution in [2.45, 2.75) is 25.0 Å². The largest absolute Gasteiger partial charge is 0.497 e. The van der Waals surface area contributed by atoms with E-state index in [4.69, 9.17) is 14.5 Å². The number of pyridine rings is 1. The van der Waals surface area contributed by atoms with Gasteiger partial charge < -0.3 is 14.4 Å². The van der Waals surface area contributed by atoms with Gasteiger partial charge in [-0.05, 0) is 61.9 Å². The van der Waals surface area contributed by atoms with E-state index in [1.165, 1.54) is 5.56 Å². The van der Waals surface area contributed by atoms with Crippen molar-refractivity contribution in [3.05, 3.63) is 54.2 Å². The number of hydrogen-bond donors (Lipinski definition) is 0. The summed E-state index contributed by atoms with van der Waals surface area (Å²) >= 11 is 0. The molecule has 5 heteroatoms. The summed E-state index contributed by atoms with van der Waals surface area (Å²) in [5, 5.41) is 0.999. The lowest BCUT2D eigenvalue weighted by molar-refractivity contribution is 0.0826. The normalized spacial score (nSPS) is 21.9. The molecule has 0 radical (unpaired) electrons. The van der Waals surface area contributed by atoms with Crippen LogP contribution in [0.2, 0.25) is 0 Å². The van der Waals surface area contributed by atoms with E-state index in [9.17, 15) is 0 Å². The van der Waals surface area contributed by atoms with Crippen LogP contribution in [0.15, 0.2) is 53.7 Å². The number of fused-ring (bicyclic) bond motifs is 4. The van der Waals surface area contributed by atoms with Crippen molar-refractivity contribution < 1.29 is 9.47 Å². The Morgan fingerprint density at radius 2 is 1.96 bits per heavy atom. The van der Waals surface area contributed by atoms with Gasteiger partial charge in [-0.15, -0.1) is 0 Å². The van der Waals surface area contributed by atoms with Gasteiger partial charge in [0.15, 0.2) is 0 Å². The Morgan fingerprint density at radius 1 is 1.11 bits per heavy atom. The number of rotatable bonds is 1. The molecule has 0 fully saturated rings. The second-order valence-corrected chi connectivity index (χ2v) is 7.61. The van der Waals surface area contributed by atoms with E-state index in [2.05, 4.69) is 42.9 Å². The standard InChI is InChI=1S/C22H21N3O2/c1-21(2)16-12-14(26-4)7-9-18(16)25(3)22(21)13-24-20-15-6-5-11-23-17(15)8-10-19(20)27-22/h5-13H,1-4H3/t22-/m0/s1. The number of anilines is 1. The van der Waals surface area contributed by atoms with Crippen molar-refractivity contribution in [2.24, 2.45) is 4.99 Å². The highest BCUT2D eigenvalue weighted by Gasteiger charge is 2.58. The maximum absolute atomic E-state index is 6.68. The third-order valence-electron chi connectivity index (χ3n) is 5.99. The number of ether oxygens (including phenoxy) is 2. The van der Waals surface area contributed by atoms with E-state index in [0.29, 0.717) is 0 Å². The predicted molar refractivity (Wildman–Crippen MR) is 108 cm³/mol. The van der Waals surface area contributed by atoms with Crippen LogP contribution in [0.5, 0.6) is 11.5 Å². The summed E-state index contributed by atoms with van der Waals surface area (Å²) in [7, 11) is 3.75. The summed E-state index contributed by atoms with van der Waals surface area (Å²) in [5.41, 5.74) is 3.03. The van der Waals surface area contributed by atoms with Crippen LogP contribution in [0.25, 0.3) is 10.9 Å². The Hall–Kier alpha value is -3.08. The first-order chi connectivity index (χ1) is 13.0. The first-order valence-corrected chi connectivity index (χ1v) is 9.02. The number of aliphatic imine (C=N–C) groups is 1. The van der Waals surface area contributed by atoms with E-state index in [1.807, 2.05) is 36.5 Å². The molecule has 2 aliphatic rings. The van der Waals surface area contributed by atoms with E-state index in [0.717, 1.165) is 33.8 Å². The van der Waals surface area contributed by atoms with E-state index in [1.54, 1.807) is 13.3 Å². The minimum Gasteiger partial charge on any atom is -0.497 e. The van der Waals surface area contributed by atoms with E-state index in [-0.39, 0.29) is 5.41 Å². The number of likely N-dealkylation sites (N-methyl/N-ethyl adjacent to an activating group) is 1. The third-order valence-corrected chi connectivity index (χ3v) is 5.99. The zero-order chi connectivity index (χ0) is 18.8. The minimum absolute atomic E-state index is 0.323. The molecule has 2 aliphatic heterocycles. The molecule has 1 spiro atoms. The highest BCUT2D eigenvalue weighted by atomic mass is 16.5. The van der Waals surface area contributed by atoms with E-state index >= 15 is 0 Å². The topological polar surface area (TPSA) is 47.0 Å². The average Bonchev–Trinajstić information content (AvgIpc) is 2.86. The average molecular weight is 359 g/mol. The molecule has 0 bridgehead atoms. The fourth-order valence-corrected chi connectivity index (χ4v) is 4.35. The molecule has 0 saturated carbocycles. The molecule has 1 aromatic heterocycles. The zero-order valence-electron chi connectivity index (χ0n) is 15.9. The molecule has 27 heavy (non-hydrogen) atoms. The van der Waals surface area contributed by atoms with Crippen molar-refractivity contribution in [3.63, 3.8) is 0 Å². The summed E-state index contributed by atoms with van der Waals surface area (Å²) in [6, 6.07) is 14.1. The summed E-state index contributed by atoms with van der Waals surface area (Å²) in [5.74, 6) is 1.62. The van der Waals surface area contributed by atoms with Gasteiger partial charge in [-0.25, -0.2) is 0 Å². The van der Waals surface area contributed by atoms with Gasteiger partial charge >= 0.3 is 0 Å². The van der Waals surface area contributed by atoms with Crippen LogP contribution in [0.4, 0.5) is 11.4 Å². The van der Waals surface area contributed by atoms with Crippen LogP contribution in [0, 0.1) is 0 Å². The Bertz CT molecular complexity index is 1110. The van der Waals surface area contributed by atoms with E-state index < -0.39 is 5.72 Å². The Balaban J connectivity index is 1.69. The van der Waals surface area contributed by atoms with Crippen LogP contribution in [-0.4, -0.2) is 31.1 Å². The SMILES string of the molecule is COc1ccc2c(c1)C(C)(C)[C@@]1(C=Nc3c(ccc4ncccc34)O1)N2C. The summed E-state index contributed by atoms with van der Waals surface area (Å²) < 4.78 is 12.1. The van der Waals surface area contributed by atoms with Crippen molar-refractivity contribution >= 4 is 28.5 Å². The summed E-state index contributed by atoms with van der Waals surface area (Å²) in [4.78, 5) is 11.5. The Kier molecular flexibility index (Phi) is 3.12. The second kappa shape index (κ2) is 5.22. The highest BCUT2D eigenvalue weighted by Crippen LogP contribution is 2.54. The lowest BCUT2D eigenvalue weighted by atomic mass is 9.77. The van der Waals surface area contributed by atoms with Crippen molar-refractivity contribution in [1.82, 2.24) is 4.98 Å². The quantitative estimate of drug-likeness (QED) is 0.643. The zero-order valence-corrected chi connectivity index (χ0v) is 15.9. The minimum atomic E-state index is -0.704. The lowest BCUT2D eigenvalue weighted by Gasteiger charge is -2.44. The molecule has 3 heterocycles. The van der Waals surface area contributed by atoms with Gasteiger partial charge in [0.1, 0.15) is 17.2 Å². The Labute approximate surface area is 158 Å². The Morgan fingerprint density at radius 3 is 2.78 bits per heavy atom. The monoisotopic (exact) mass is 359 g/mol. The molecule has 0 aliphatic carbocycles. The second-order valence-electron chi connectivity index (χ2n) is 7.61. The summed E-state index contributed by atoms with van der Waals surface area (Å²) in [6.07, 6.45) is 3.73. The van der Waals surface area contributed by atoms with Crippen LogP contribution in [0.3, 0.4) is 0 Å². The molecule has 0 saturated heterocycles. The number of aromatic nitrogens is 1. The molecule has 1 atom stereocenters. The first-order valence-electron chi connectivity index (χ1n) is 9.02. The number of nitrogens with zero attached hydrogens (tertiary/aromatic N) is 3. The van der Waals surface area contributed by atoms with Crippen LogP contribution in [-0.2, 0) is 5.41 Å². The predicted octanol–water partition coefficient (Wildman–Crippen LogP) is 4.46. The van der Waals surface area contributed by atoms with Crippen molar-refractivity contribution in [3.8, 4) is 11.5 Å². The fraction of sp³-hybridized carbons (Fsp3) is 0.273. The molecule has 5 rings (SSSR count). The summed E-state index contributed by atoms with van der Waals surface area (Å²) in [6.45, 7) is 4.38. The van der Waals surface area contributed by atoms with Crippen LogP contribution in [0.1, 0.15) is 19.4 Å². The first kappa shape index (κ1) is 16.1. The van der Waals surface area contributed by atoms with Gasteiger partial charge in [0, 0.05) is 24.3 Å². The molecular formula is C22H21N3O2. The third kappa shape index (κ3) is 1.94. The number of methoxy groups -OCH3 is 1. The van der Waals surface area contributed by atoms with Gasteiger partial charge in [-0.1, -0.05) is 0 Å². The lowest BCUT2D eigenvalue weighted by Crippen LogP contribution is -2.61. The molecular weight excluding hydrogens is 338 g/mol. The van der Waals surface area contributed by atoms with Gasteiger partial charge in [-0.3, -0.25) is 9.98 Å². The van der Waals surface area contributed by atoms with Crippen LogP contribution < -0.4 is 14.4 Å². The van der Waals surface area contributed by atoms with Gasteiger partial charge in [-0.2, -0.15) is 0 Å². The molecule has 2 aromatic carbocycles.